The van der Waals surface area contributed by atoms with E-state index in [4.69, 9.17) is 5.73 Å². The molecule has 1 aliphatic carbocycles. The Morgan fingerprint density at radius 2 is 1.29 bits per heavy atom. The molecule has 2 nitrogen and oxygen atoms in total. The zero-order valence-corrected chi connectivity index (χ0v) is 19.2. The molecule has 0 aromatic heterocycles. The number of hydrogen-bond donors (Lipinski definition) is 1. The Morgan fingerprint density at radius 1 is 0.750 bits per heavy atom. The van der Waals surface area contributed by atoms with Crippen LogP contribution in [0.25, 0.3) is 11.1 Å². The summed E-state index contributed by atoms with van der Waals surface area (Å²) >= 11 is 0. The fraction of sp³-hybridized carbons (Fsp3) is 0.409. The molecule has 0 radical (unpaired) electrons. The van der Waals surface area contributed by atoms with Crippen LogP contribution in [-0.4, -0.2) is 5.91 Å². The van der Waals surface area contributed by atoms with E-state index in [1.165, 1.54) is 47.9 Å². The molecule has 0 heterocycles. The van der Waals surface area contributed by atoms with Gasteiger partial charge in [0.25, 0.3) is 0 Å². The largest absolute Gasteiger partial charge is 0.369 e. The number of carbonyl (C=O) groups excluding carboxylic acids is 1. The molecule has 1 atom stereocenters. The number of benzene rings is 2. The van der Waals surface area contributed by atoms with Crippen LogP contribution < -0.4 is 5.73 Å². The Hall–Kier alpha value is -0.930. The van der Waals surface area contributed by atoms with E-state index in [0.29, 0.717) is 0 Å². The lowest BCUT2D eigenvalue weighted by Gasteiger charge is -2.14. The summed E-state index contributed by atoms with van der Waals surface area (Å²) in [5, 5.41) is 0. The van der Waals surface area contributed by atoms with Crippen LogP contribution in [0.15, 0.2) is 48.5 Å². The number of nitrogens with two attached hydrogens (primary N) is 1. The summed E-state index contributed by atoms with van der Waals surface area (Å²) in [4.78, 5) is 11.8. The van der Waals surface area contributed by atoms with Gasteiger partial charge in [0.1, 0.15) is 0 Å². The molecule has 2 aromatic carbocycles. The van der Waals surface area contributed by atoms with E-state index in [2.05, 4.69) is 48.5 Å². The third-order valence-electron chi connectivity index (χ3n) is 5.09. The first kappa shape index (κ1) is 29.3. The minimum atomic E-state index is -0.160. The Bertz CT molecular complexity index is 708. The van der Waals surface area contributed by atoms with Crippen molar-refractivity contribution >= 4 is 55.5 Å². The summed E-state index contributed by atoms with van der Waals surface area (Å²) in [5.74, 6) is -0.205. The smallest absolute Gasteiger partial charge is 0.220 e. The van der Waals surface area contributed by atoms with Crippen LogP contribution in [0.4, 0.5) is 0 Å². The highest BCUT2D eigenvalue weighted by Crippen LogP contribution is 2.25. The molecule has 6 heteroatoms. The first-order valence-electron chi connectivity index (χ1n) is 9.20. The molecule has 0 spiro atoms. The van der Waals surface area contributed by atoms with E-state index >= 15 is 0 Å². The van der Waals surface area contributed by atoms with Crippen molar-refractivity contribution in [3.63, 3.8) is 0 Å². The van der Waals surface area contributed by atoms with Gasteiger partial charge in [-0.05, 0) is 47.9 Å². The molecule has 4 bridgehead atoms. The van der Waals surface area contributed by atoms with Crippen molar-refractivity contribution in [2.45, 2.75) is 51.4 Å². The van der Waals surface area contributed by atoms with Crippen molar-refractivity contribution in [2.24, 2.45) is 11.7 Å². The average Bonchev–Trinajstić information content (AvgIpc) is 2.60. The van der Waals surface area contributed by atoms with Gasteiger partial charge in [0.05, 0.1) is 0 Å². The Labute approximate surface area is 193 Å². The summed E-state index contributed by atoms with van der Waals surface area (Å²) in [6.45, 7) is 0. The van der Waals surface area contributed by atoms with Gasteiger partial charge < -0.3 is 5.73 Å². The van der Waals surface area contributed by atoms with Gasteiger partial charge >= 0.3 is 0 Å². The van der Waals surface area contributed by atoms with Crippen LogP contribution in [0.5, 0.6) is 0 Å². The van der Waals surface area contributed by atoms with E-state index in [1.54, 1.807) is 0 Å². The van der Waals surface area contributed by atoms with Crippen molar-refractivity contribution in [1.29, 1.82) is 0 Å². The minimum Gasteiger partial charge on any atom is -0.369 e. The Kier molecular flexibility index (Phi) is 15.7. The molecule has 1 unspecified atom stereocenters. The fourth-order valence-electron chi connectivity index (χ4n) is 3.66. The molecular weight excluding hydrogens is 436 g/mol. The molecule has 3 rings (SSSR count). The lowest BCUT2D eigenvalue weighted by molar-refractivity contribution is -0.122. The highest BCUT2D eigenvalue weighted by atomic mass is 35.5. The number of primary amides is 1. The SMILES string of the molecule is Cl.Cl.Cl.Cl.NC(=O)C1CCCCCCCc2cccc(c2)-c2cccc(c2)C1. The molecule has 0 aliphatic heterocycles. The van der Waals surface area contributed by atoms with E-state index in [1.807, 2.05) is 0 Å². The lowest BCUT2D eigenvalue weighted by atomic mass is 9.91. The zero-order valence-electron chi connectivity index (χ0n) is 16.0. The van der Waals surface area contributed by atoms with E-state index < -0.39 is 0 Å². The Morgan fingerprint density at radius 3 is 1.93 bits per heavy atom. The van der Waals surface area contributed by atoms with E-state index in [9.17, 15) is 4.79 Å². The van der Waals surface area contributed by atoms with Gasteiger partial charge in [-0.3, -0.25) is 4.79 Å². The third-order valence-corrected chi connectivity index (χ3v) is 5.09. The van der Waals surface area contributed by atoms with Gasteiger partial charge in [-0.1, -0.05) is 74.2 Å². The number of aryl methyl sites for hydroxylation is 1. The number of fused-ring (bicyclic) bond motifs is 5. The maximum atomic E-state index is 11.8. The maximum absolute atomic E-state index is 11.8. The maximum Gasteiger partial charge on any atom is 0.220 e. The molecule has 0 saturated carbocycles. The van der Waals surface area contributed by atoms with Crippen LogP contribution in [0.1, 0.15) is 49.7 Å². The highest BCUT2D eigenvalue weighted by molar-refractivity contribution is 5.86. The topological polar surface area (TPSA) is 43.1 Å². The average molecular weight is 467 g/mol. The molecule has 1 aliphatic rings. The predicted molar refractivity (Wildman–Crippen MR) is 129 cm³/mol. The number of carbonyl (C=O) groups is 1. The van der Waals surface area contributed by atoms with Crippen molar-refractivity contribution in [2.75, 3.05) is 0 Å². The van der Waals surface area contributed by atoms with E-state index in [-0.39, 0.29) is 61.5 Å². The monoisotopic (exact) mass is 465 g/mol. The molecular formula is C22H31Cl4NO. The van der Waals surface area contributed by atoms with Crippen LogP contribution >= 0.6 is 49.6 Å². The Balaban J connectivity index is 0. The minimum absolute atomic E-state index is 0. The number of halogens is 4. The highest BCUT2D eigenvalue weighted by Gasteiger charge is 2.16. The molecule has 1 amide bonds. The fourth-order valence-corrected chi connectivity index (χ4v) is 3.66. The van der Waals surface area contributed by atoms with Crippen molar-refractivity contribution in [1.82, 2.24) is 0 Å². The summed E-state index contributed by atoms with van der Waals surface area (Å²) in [5.41, 5.74) is 10.8. The van der Waals surface area contributed by atoms with Crippen molar-refractivity contribution in [3.05, 3.63) is 59.7 Å². The molecule has 158 valence electrons. The van der Waals surface area contributed by atoms with E-state index in [0.717, 1.165) is 25.7 Å². The predicted octanol–water partition coefficient (Wildman–Crippen LogP) is 6.58. The first-order chi connectivity index (χ1) is 11.7. The molecule has 0 fully saturated rings. The quantitative estimate of drug-likeness (QED) is 0.506. The molecule has 28 heavy (non-hydrogen) atoms. The van der Waals surface area contributed by atoms with Gasteiger partial charge in [-0.25, -0.2) is 0 Å². The first-order valence-corrected chi connectivity index (χ1v) is 9.20. The summed E-state index contributed by atoms with van der Waals surface area (Å²) in [7, 11) is 0. The number of rotatable bonds is 1. The van der Waals surface area contributed by atoms with Crippen molar-refractivity contribution < 1.29 is 4.79 Å². The standard InChI is InChI=1S/C22H27NO.4ClH/c23-22(24)21-11-5-3-1-2-4-8-17-9-6-12-19(14-17)20-13-7-10-18(15-20)16-21;;;;/h6-7,9-10,12-15,21H,1-5,8,11,16H2,(H2,23,24);4*1H. The normalized spacial score (nSPS) is 16.4. The zero-order chi connectivity index (χ0) is 16.8. The van der Waals surface area contributed by atoms with Gasteiger partial charge in [0, 0.05) is 5.92 Å². The summed E-state index contributed by atoms with van der Waals surface area (Å²) in [6, 6.07) is 17.4. The second-order valence-electron chi connectivity index (χ2n) is 7.01. The summed E-state index contributed by atoms with van der Waals surface area (Å²) < 4.78 is 0. The van der Waals surface area contributed by atoms with Crippen molar-refractivity contribution in [3.8, 4) is 11.1 Å². The van der Waals surface area contributed by atoms with Crippen LogP contribution in [0.3, 0.4) is 0 Å². The lowest BCUT2D eigenvalue weighted by Crippen LogP contribution is -2.25. The summed E-state index contributed by atoms with van der Waals surface area (Å²) in [6.07, 6.45) is 8.86. The van der Waals surface area contributed by atoms with Gasteiger partial charge in [-0.15, -0.1) is 49.6 Å². The van der Waals surface area contributed by atoms with Crippen LogP contribution in [0, 0.1) is 5.92 Å². The second kappa shape index (κ2) is 15.0. The van der Waals surface area contributed by atoms with Crippen LogP contribution in [-0.2, 0) is 17.6 Å². The van der Waals surface area contributed by atoms with Gasteiger partial charge in [0.15, 0.2) is 0 Å². The third kappa shape index (κ3) is 8.61. The molecule has 2 aromatic rings. The molecule has 0 saturated heterocycles. The van der Waals surface area contributed by atoms with Gasteiger partial charge in [-0.2, -0.15) is 0 Å². The number of hydrogen-bond acceptors (Lipinski definition) is 1. The van der Waals surface area contributed by atoms with Gasteiger partial charge in [0.2, 0.25) is 5.91 Å². The second-order valence-corrected chi connectivity index (χ2v) is 7.01. The molecule has 2 N–H and O–H groups in total. The number of amides is 1. The van der Waals surface area contributed by atoms with Crippen LogP contribution in [0.2, 0.25) is 0 Å².